The van der Waals surface area contributed by atoms with E-state index in [4.69, 9.17) is 16.3 Å². The average Bonchev–Trinajstić information content (AvgIpc) is 2.76. The number of carbonyl (C=O) groups is 1. The van der Waals surface area contributed by atoms with Gasteiger partial charge < -0.3 is 9.84 Å². The fourth-order valence-electron chi connectivity index (χ4n) is 1.80. The van der Waals surface area contributed by atoms with Crippen LogP contribution in [0.15, 0.2) is 24.3 Å². The van der Waals surface area contributed by atoms with E-state index < -0.39 is 10.9 Å². The Kier molecular flexibility index (Phi) is 4.20. The first kappa shape index (κ1) is 14.9. The van der Waals surface area contributed by atoms with Crippen molar-refractivity contribution >= 4 is 23.3 Å². The molecule has 21 heavy (non-hydrogen) atoms. The van der Waals surface area contributed by atoms with E-state index in [1.807, 2.05) is 0 Å². The summed E-state index contributed by atoms with van der Waals surface area (Å²) in [5, 5.41) is 23.9. The highest BCUT2D eigenvalue weighted by Gasteiger charge is 2.23. The first-order valence-electron chi connectivity index (χ1n) is 5.70. The lowest BCUT2D eigenvalue weighted by molar-refractivity contribution is -0.384. The lowest BCUT2D eigenvalue weighted by Crippen LogP contribution is -2.01. The van der Waals surface area contributed by atoms with Gasteiger partial charge >= 0.3 is 5.97 Å². The van der Waals surface area contributed by atoms with Crippen LogP contribution in [0.25, 0.3) is 5.69 Å². The van der Waals surface area contributed by atoms with Crippen LogP contribution >= 0.6 is 11.6 Å². The lowest BCUT2D eigenvalue weighted by Gasteiger charge is -2.02. The van der Waals surface area contributed by atoms with Gasteiger partial charge in [0.1, 0.15) is 16.4 Å². The van der Waals surface area contributed by atoms with Gasteiger partial charge in [-0.25, -0.2) is 9.48 Å². The number of hydrogen-bond donors (Lipinski definition) is 1. The van der Waals surface area contributed by atoms with Crippen molar-refractivity contribution in [3.8, 4) is 5.69 Å². The van der Waals surface area contributed by atoms with Gasteiger partial charge in [-0.2, -0.15) is 5.10 Å². The molecule has 1 aromatic carbocycles. The summed E-state index contributed by atoms with van der Waals surface area (Å²) in [5.74, 6) is -1.25. The largest absolute Gasteiger partial charge is 0.478 e. The Bertz CT molecular complexity index is 713. The minimum Gasteiger partial charge on any atom is -0.478 e. The van der Waals surface area contributed by atoms with E-state index in [0.29, 0.717) is 5.69 Å². The monoisotopic (exact) mass is 311 g/mol. The zero-order valence-electron chi connectivity index (χ0n) is 10.8. The van der Waals surface area contributed by atoms with Gasteiger partial charge in [0.05, 0.1) is 17.2 Å². The Hall–Kier alpha value is -2.45. The van der Waals surface area contributed by atoms with Crippen LogP contribution in [-0.4, -0.2) is 32.9 Å². The predicted octanol–water partition coefficient (Wildman–Crippen LogP) is 2.28. The molecule has 0 radical (unpaired) electrons. The molecule has 0 aliphatic rings. The zero-order valence-corrected chi connectivity index (χ0v) is 11.6. The van der Waals surface area contributed by atoms with E-state index >= 15 is 0 Å². The third-order valence-electron chi connectivity index (χ3n) is 2.68. The molecule has 0 aliphatic carbocycles. The second-order valence-corrected chi connectivity index (χ2v) is 4.40. The quantitative estimate of drug-likeness (QED) is 0.670. The molecule has 0 spiro atoms. The minimum atomic E-state index is -1.25. The van der Waals surface area contributed by atoms with Crippen molar-refractivity contribution in [3.05, 3.63) is 50.8 Å². The highest BCUT2D eigenvalue weighted by Crippen LogP contribution is 2.26. The van der Waals surface area contributed by atoms with Crippen LogP contribution in [0.3, 0.4) is 0 Å². The standard InChI is InChI=1S/C12H10ClN3O5/c1-21-6-9-10(12(17)18)11(13)15(14-9)7-3-2-4-8(5-7)16(19)20/h2-5H,6H2,1H3,(H,17,18). The van der Waals surface area contributed by atoms with Gasteiger partial charge in [0.25, 0.3) is 5.69 Å². The maximum Gasteiger partial charge on any atom is 0.340 e. The zero-order chi connectivity index (χ0) is 15.6. The molecule has 0 saturated heterocycles. The molecule has 1 N–H and O–H groups in total. The normalized spacial score (nSPS) is 10.6. The van der Waals surface area contributed by atoms with Crippen LogP contribution < -0.4 is 0 Å². The van der Waals surface area contributed by atoms with E-state index in [-0.39, 0.29) is 28.7 Å². The molecule has 9 heteroatoms. The van der Waals surface area contributed by atoms with Gasteiger partial charge in [-0.05, 0) is 6.07 Å². The number of benzene rings is 1. The van der Waals surface area contributed by atoms with Gasteiger partial charge in [-0.3, -0.25) is 10.1 Å². The molecule has 1 aromatic heterocycles. The number of methoxy groups -OCH3 is 1. The number of nitro groups is 1. The number of nitro benzene ring substituents is 1. The number of nitrogens with zero attached hydrogens (tertiary/aromatic N) is 3. The molecule has 0 unspecified atom stereocenters. The molecule has 0 saturated carbocycles. The molecular formula is C12H10ClN3O5. The summed E-state index contributed by atoms with van der Waals surface area (Å²) in [5.41, 5.74) is 0.0924. The number of carboxylic acids is 1. The van der Waals surface area contributed by atoms with Gasteiger partial charge in [0.15, 0.2) is 0 Å². The molecule has 0 amide bonds. The van der Waals surface area contributed by atoms with Gasteiger partial charge in [0.2, 0.25) is 0 Å². The number of aromatic nitrogens is 2. The van der Waals surface area contributed by atoms with E-state index in [9.17, 15) is 20.0 Å². The van der Waals surface area contributed by atoms with Crippen molar-refractivity contribution in [1.29, 1.82) is 0 Å². The number of aromatic carboxylic acids is 1. The number of ether oxygens (including phenoxy) is 1. The predicted molar refractivity (Wildman–Crippen MR) is 72.9 cm³/mol. The molecule has 1 heterocycles. The van der Waals surface area contributed by atoms with Crippen LogP contribution in [-0.2, 0) is 11.3 Å². The molecular weight excluding hydrogens is 302 g/mol. The number of halogens is 1. The summed E-state index contributed by atoms with van der Waals surface area (Å²) < 4.78 is 6.01. The van der Waals surface area contributed by atoms with E-state index in [2.05, 4.69) is 5.10 Å². The Morgan fingerprint density at radius 3 is 2.86 bits per heavy atom. The maximum absolute atomic E-state index is 11.2. The molecule has 0 aliphatic heterocycles. The number of carboxylic acid groups (broad SMARTS) is 1. The Labute approximate surface area is 123 Å². The Morgan fingerprint density at radius 1 is 1.57 bits per heavy atom. The fraction of sp³-hybridized carbons (Fsp3) is 0.167. The summed E-state index contributed by atoms with van der Waals surface area (Å²) >= 11 is 6.02. The van der Waals surface area contributed by atoms with Crippen LogP contribution in [0.4, 0.5) is 5.69 Å². The van der Waals surface area contributed by atoms with Crippen LogP contribution in [0.5, 0.6) is 0 Å². The molecule has 0 bridgehead atoms. The highest BCUT2D eigenvalue weighted by atomic mass is 35.5. The number of hydrogen-bond acceptors (Lipinski definition) is 5. The number of non-ortho nitro benzene ring substituents is 1. The van der Waals surface area contributed by atoms with E-state index in [0.717, 1.165) is 4.68 Å². The van der Waals surface area contributed by atoms with Crippen molar-refractivity contribution in [2.75, 3.05) is 7.11 Å². The van der Waals surface area contributed by atoms with Crippen molar-refractivity contribution in [1.82, 2.24) is 9.78 Å². The summed E-state index contributed by atoms with van der Waals surface area (Å²) in [4.78, 5) is 21.5. The van der Waals surface area contributed by atoms with E-state index in [1.165, 1.54) is 31.4 Å². The summed E-state index contributed by atoms with van der Waals surface area (Å²) in [7, 11) is 1.39. The van der Waals surface area contributed by atoms with Crippen LogP contribution in [0.1, 0.15) is 16.1 Å². The molecule has 0 atom stereocenters. The molecule has 2 rings (SSSR count). The summed E-state index contributed by atoms with van der Waals surface area (Å²) in [6.07, 6.45) is 0. The molecule has 110 valence electrons. The maximum atomic E-state index is 11.2. The van der Waals surface area contributed by atoms with Crippen LogP contribution in [0.2, 0.25) is 5.15 Å². The van der Waals surface area contributed by atoms with Crippen molar-refractivity contribution in [2.24, 2.45) is 0 Å². The second-order valence-electron chi connectivity index (χ2n) is 4.04. The smallest absolute Gasteiger partial charge is 0.340 e. The van der Waals surface area contributed by atoms with Crippen LogP contribution in [0, 0.1) is 10.1 Å². The van der Waals surface area contributed by atoms with Crippen molar-refractivity contribution in [2.45, 2.75) is 6.61 Å². The molecule has 8 nitrogen and oxygen atoms in total. The third-order valence-corrected chi connectivity index (χ3v) is 3.03. The topological polar surface area (TPSA) is 107 Å². The highest BCUT2D eigenvalue weighted by molar-refractivity contribution is 6.32. The lowest BCUT2D eigenvalue weighted by atomic mass is 10.2. The van der Waals surface area contributed by atoms with Crippen molar-refractivity contribution < 1.29 is 19.6 Å². The third kappa shape index (κ3) is 2.86. The van der Waals surface area contributed by atoms with Gasteiger partial charge in [-0.15, -0.1) is 0 Å². The van der Waals surface area contributed by atoms with Crippen molar-refractivity contribution in [3.63, 3.8) is 0 Å². The molecule has 0 fully saturated rings. The SMILES string of the molecule is COCc1nn(-c2cccc([N+](=O)[O-])c2)c(Cl)c1C(=O)O. The molecule has 2 aromatic rings. The second kappa shape index (κ2) is 5.90. The van der Waals surface area contributed by atoms with Gasteiger partial charge in [-0.1, -0.05) is 17.7 Å². The Balaban J connectivity index is 2.59. The average molecular weight is 312 g/mol. The van der Waals surface area contributed by atoms with Gasteiger partial charge in [0, 0.05) is 19.2 Å². The first-order chi connectivity index (χ1) is 9.95. The van der Waals surface area contributed by atoms with E-state index in [1.54, 1.807) is 0 Å². The fourth-order valence-corrected chi connectivity index (χ4v) is 2.12. The summed E-state index contributed by atoms with van der Waals surface area (Å²) in [6, 6.07) is 5.56. The summed E-state index contributed by atoms with van der Waals surface area (Å²) in [6.45, 7) is -0.0384. The minimum absolute atomic E-state index is 0.0384. The number of rotatable bonds is 5. The first-order valence-corrected chi connectivity index (χ1v) is 6.08. The Morgan fingerprint density at radius 2 is 2.29 bits per heavy atom.